The minimum absolute atomic E-state index is 0.462. The highest BCUT2D eigenvalue weighted by atomic mass is 35.5. The molecule has 0 aliphatic heterocycles. The first-order valence-corrected chi connectivity index (χ1v) is 6.76. The van der Waals surface area contributed by atoms with Crippen LogP contribution in [0.4, 0.5) is 0 Å². The summed E-state index contributed by atoms with van der Waals surface area (Å²) in [5.74, 6) is 0. The normalized spacial score (nSPS) is 11.1. The number of halogens is 2. The lowest BCUT2D eigenvalue weighted by atomic mass is 10.2. The fourth-order valence-corrected chi connectivity index (χ4v) is 2.68. The number of pyridine rings is 1. The van der Waals surface area contributed by atoms with Gasteiger partial charge in [0.1, 0.15) is 0 Å². The molecule has 0 spiro atoms. The zero-order valence-corrected chi connectivity index (χ0v) is 12.3. The van der Waals surface area contributed by atoms with Crippen LogP contribution in [0.3, 0.4) is 0 Å². The van der Waals surface area contributed by atoms with Crippen LogP contribution in [0.2, 0.25) is 10.0 Å². The summed E-state index contributed by atoms with van der Waals surface area (Å²) >= 11 is 17.7. The molecule has 3 nitrogen and oxygen atoms in total. The van der Waals surface area contributed by atoms with Crippen LogP contribution in [0.1, 0.15) is 5.56 Å². The van der Waals surface area contributed by atoms with E-state index in [0.717, 1.165) is 22.4 Å². The van der Waals surface area contributed by atoms with E-state index < -0.39 is 0 Å². The molecule has 6 heteroatoms. The summed E-state index contributed by atoms with van der Waals surface area (Å²) in [7, 11) is 0. The number of aromatic amines is 1. The van der Waals surface area contributed by atoms with Crippen molar-refractivity contribution in [3.05, 3.63) is 50.8 Å². The summed E-state index contributed by atoms with van der Waals surface area (Å²) in [6.45, 7) is 2.00. The quantitative estimate of drug-likeness (QED) is 0.661. The number of nitrogens with zero attached hydrogens (tertiary/aromatic N) is 2. The molecule has 0 aliphatic carbocycles. The number of nitrogens with one attached hydrogen (secondary N) is 1. The fourth-order valence-electron chi connectivity index (χ4n) is 2.02. The Bertz CT molecular complexity index is 836. The van der Waals surface area contributed by atoms with Crippen LogP contribution in [0.25, 0.3) is 16.9 Å². The lowest BCUT2D eigenvalue weighted by Gasteiger charge is -2.07. The van der Waals surface area contributed by atoms with Crippen molar-refractivity contribution in [2.75, 3.05) is 0 Å². The maximum atomic E-state index is 6.26. The zero-order valence-electron chi connectivity index (χ0n) is 9.95. The first-order valence-electron chi connectivity index (χ1n) is 5.60. The van der Waals surface area contributed by atoms with Crippen molar-refractivity contribution in [2.45, 2.75) is 6.92 Å². The van der Waals surface area contributed by atoms with Crippen molar-refractivity contribution in [1.82, 2.24) is 14.5 Å². The molecule has 2 heterocycles. The number of benzene rings is 1. The first kappa shape index (κ1) is 12.7. The largest absolute Gasteiger partial charge is 0.329 e. The predicted molar refractivity (Wildman–Crippen MR) is 81.0 cm³/mol. The third kappa shape index (κ3) is 1.96. The number of rotatable bonds is 1. The molecule has 0 fully saturated rings. The number of aromatic nitrogens is 3. The summed E-state index contributed by atoms with van der Waals surface area (Å²) in [6.07, 6.45) is 1.75. The Hall–Kier alpha value is -1.36. The number of imidazole rings is 1. The van der Waals surface area contributed by atoms with E-state index in [1.807, 2.05) is 25.1 Å². The fraction of sp³-hybridized carbons (Fsp3) is 0.0769. The van der Waals surface area contributed by atoms with Gasteiger partial charge in [-0.25, -0.2) is 4.98 Å². The van der Waals surface area contributed by atoms with Gasteiger partial charge in [-0.05, 0) is 42.9 Å². The Kier molecular flexibility index (Phi) is 3.09. The van der Waals surface area contributed by atoms with E-state index in [9.17, 15) is 0 Å². The third-order valence-electron chi connectivity index (χ3n) is 2.96. The minimum atomic E-state index is 0.462. The van der Waals surface area contributed by atoms with Crippen molar-refractivity contribution < 1.29 is 0 Å². The molecular formula is C13H9Cl2N3S. The highest BCUT2D eigenvalue weighted by Crippen LogP contribution is 2.30. The van der Waals surface area contributed by atoms with Crippen molar-refractivity contribution in [3.8, 4) is 5.69 Å². The molecule has 0 aliphatic rings. The molecule has 1 aromatic carbocycles. The molecule has 0 saturated heterocycles. The summed E-state index contributed by atoms with van der Waals surface area (Å²) in [5, 5.41) is 0.951. The topological polar surface area (TPSA) is 33.6 Å². The van der Waals surface area contributed by atoms with Crippen LogP contribution in [-0.2, 0) is 0 Å². The van der Waals surface area contributed by atoms with Gasteiger partial charge in [0.15, 0.2) is 10.4 Å². The van der Waals surface area contributed by atoms with E-state index >= 15 is 0 Å². The Morgan fingerprint density at radius 1 is 1.26 bits per heavy atom. The van der Waals surface area contributed by atoms with Gasteiger partial charge in [-0.3, -0.25) is 4.57 Å². The Morgan fingerprint density at radius 3 is 2.84 bits per heavy atom. The second kappa shape index (κ2) is 4.63. The van der Waals surface area contributed by atoms with Crippen molar-refractivity contribution >= 4 is 46.6 Å². The first-order chi connectivity index (χ1) is 9.09. The molecule has 1 N–H and O–H groups in total. The van der Waals surface area contributed by atoms with Gasteiger partial charge < -0.3 is 4.98 Å². The van der Waals surface area contributed by atoms with Crippen LogP contribution in [0.5, 0.6) is 0 Å². The lowest BCUT2D eigenvalue weighted by Crippen LogP contribution is -1.97. The minimum Gasteiger partial charge on any atom is -0.329 e. The lowest BCUT2D eigenvalue weighted by molar-refractivity contribution is 1.04. The molecular weight excluding hydrogens is 301 g/mol. The summed E-state index contributed by atoms with van der Waals surface area (Å²) in [6, 6.07) is 7.36. The second-order valence-electron chi connectivity index (χ2n) is 4.16. The van der Waals surface area contributed by atoms with Crippen LogP contribution in [0.15, 0.2) is 30.5 Å². The highest BCUT2D eigenvalue weighted by molar-refractivity contribution is 7.71. The van der Waals surface area contributed by atoms with E-state index in [1.165, 1.54) is 0 Å². The molecule has 0 unspecified atom stereocenters. The zero-order chi connectivity index (χ0) is 13.6. The molecule has 3 rings (SSSR count). The Labute approximate surface area is 124 Å². The SMILES string of the molecule is Cc1ccnc2c1[nH]c(=S)n2-c1cccc(Cl)c1Cl. The second-order valence-corrected chi connectivity index (χ2v) is 5.34. The Balaban J connectivity index is 2.44. The van der Waals surface area contributed by atoms with Crippen LogP contribution in [-0.4, -0.2) is 14.5 Å². The average Bonchev–Trinajstić information content (AvgIpc) is 2.71. The molecule has 0 radical (unpaired) electrons. The highest BCUT2D eigenvalue weighted by Gasteiger charge is 2.13. The molecule has 0 atom stereocenters. The molecule has 0 saturated carbocycles. The number of H-pyrrole nitrogens is 1. The van der Waals surface area contributed by atoms with E-state index in [-0.39, 0.29) is 0 Å². The van der Waals surface area contributed by atoms with Gasteiger partial charge in [-0.15, -0.1) is 0 Å². The van der Waals surface area contributed by atoms with Gasteiger partial charge in [-0.1, -0.05) is 29.3 Å². The molecule has 3 aromatic rings. The molecule has 2 aromatic heterocycles. The van der Waals surface area contributed by atoms with Crippen LogP contribution >= 0.6 is 35.4 Å². The summed E-state index contributed by atoms with van der Waals surface area (Å²) in [5.41, 5.74) is 3.45. The maximum absolute atomic E-state index is 6.26. The standard InChI is InChI=1S/C13H9Cl2N3S/c1-7-5-6-16-12-11(7)17-13(19)18(12)9-4-2-3-8(14)10(9)15/h2-6H,1H3,(H,17,19). The monoisotopic (exact) mass is 309 g/mol. The Morgan fingerprint density at radius 2 is 2.05 bits per heavy atom. The summed E-state index contributed by atoms with van der Waals surface area (Å²) in [4.78, 5) is 7.53. The number of fused-ring (bicyclic) bond motifs is 1. The van der Waals surface area contributed by atoms with Crippen molar-refractivity contribution in [1.29, 1.82) is 0 Å². The van der Waals surface area contributed by atoms with Gasteiger partial charge >= 0.3 is 0 Å². The average molecular weight is 310 g/mol. The smallest absolute Gasteiger partial charge is 0.184 e. The van der Waals surface area contributed by atoms with Crippen LogP contribution in [0, 0.1) is 11.7 Å². The van der Waals surface area contributed by atoms with Gasteiger partial charge in [-0.2, -0.15) is 0 Å². The van der Waals surface area contributed by atoms with E-state index in [2.05, 4.69) is 9.97 Å². The van der Waals surface area contributed by atoms with E-state index in [1.54, 1.807) is 16.8 Å². The van der Waals surface area contributed by atoms with Crippen molar-refractivity contribution in [2.24, 2.45) is 0 Å². The third-order valence-corrected chi connectivity index (χ3v) is 4.05. The maximum Gasteiger partial charge on any atom is 0.184 e. The molecule has 0 amide bonds. The van der Waals surface area contributed by atoms with Gasteiger partial charge in [0.25, 0.3) is 0 Å². The number of hydrogen-bond acceptors (Lipinski definition) is 2. The number of aryl methyl sites for hydroxylation is 1. The van der Waals surface area contributed by atoms with Crippen LogP contribution < -0.4 is 0 Å². The van der Waals surface area contributed by atoms with Gasteiger partial charge in [0, 0.05) is 6.20 Å². The van der Waals surface area contributed by atoms with E-state index in [4.69, 9.17) is 35.4 Å². The summed E-state index contributed by atoms with van der Waals surface area (Å²) < 4.78 is 2.34. The number of hydrogen-bond donors (Lipinski definition) is 1. The molecule has 0 bridgehead atoms. The molecule has 96 valence electrons. The van der Waals surface area contributed by atoms with Gasteiger partial charge in [0.05, 0.1) is 21.2 Å². The van der Waals surface area contributed by atoms with Crippen molar-refractivity contribution in [3.63, 3.8) is 0 Å². The van der Waals surface area contributed by atoms with E-state index in [0.29, 0.717) is 14.8 Å². The van der Waals surface area contributed by atoms with Gasteiger partial charge in [0.2, 0.25) is 0 Å². The predicted octanol–water partition coefficient (Wildman–Crippen LogP) is 4.70. The molecule has 19 heavy (non-hydrogen) atoms.